The van der Waals surface area contributed by atoms with Crippen molar-refractivity contribution in [1.29, 1.82) is 0 Å². The van der Waals surface area contributed by atoms with E-state index < -0.39 is 0 Å². The maximum atomic E-state index is 13.0. The monoisotopic (exact) mass is 354 g/mol. The summed E-state index contributed by atoms with van der Waals surface area (Å²) in [5, 5.41) is 0. The zero-order chi connectivity index (χ0) is 18.5. The molecular weight excluding hydrogens is 327 g/mol. The summed E-state index contributed by atoms with van der Waals surface area (Å²) in [4.78, 5) is 16.6. The quantitative estimate of drug-likeness (QED) is 0.802. The van der Waals surface area contributed by atoms with Crippen LogP contribution >= 0.6 is 0 Å². The summed E-state index contributed by atoms with van der Waals surface area (Å²) >= 11 is 0. The first kappa shape index (κ1) is 18.4. The highest BCUT2D eigenvalue weighted by molar-refractivity contribution is 5.76. The van der Waals surface area contributed by atoms with Gasteiger partial charge in [-0.2, -0.15) is 0 Å². The molecule has 0 atom stereocenters. The number of carbonyl (C=O) groups excluding carboxylic acids is 1. The maximum absolute atomic E-state index is 13.0. The third-order valence-electron chi connectivity index (χ3n) is 5.10. The molecule has 138 valence electrons. The van der Waals surface area contributed by atoms with Crippen molar-refractivity contribution in [2.75, 3.05) is 31.1 Å². The molecule has 0 aliphatic carbocycles. The molecule has 1 fully saturated rings. The number of halogens is 1. The van der Waals surface area contributed by atoms with Crippen LogP contribution in [0, 0.1) is 5.82 Å². The van der Waals surface area contributed by atoms with Crippen LogP contribution in [0.2, 0.25) is 0 Å². The lowest BCUT2D eigenvalue weighted by Gasteiger charge is -2.36. The molecule has 0 N–H and O–H groups in total. The van der Waals surface area contributed by atoms with Crippen molar-refractivity contribution in [1.82, 2.24) is 4.90 Å². The van der Waals surface area contributed by atoms with Crippen LogP contribution < -0.4 is 4.90 Å². The Morgan fingerprint density at radius 3 is 2.15 bits per heavy atom. The van der Waals surface area contributed by atoms with E-state index in [1.54, 1.807) is 12.1 Å². The van der Waals surface area contributed by atoms with Gasteiger partial charge in [-0.15, -0.1) is 0 Å². The zero-order valence-corrected chi connectivity index (χ0v) is 15.6. The second-order valence-corrected chi connectivity index (χ2v) is 7.24. The molecule has 0 aromatic heterocycles. The van der Waals surface area contributed by atoms with Gasteiger partial charge in [-0.25, -0.2) is 4.39 Å². The molecule has 2 aromatic carbocycles. The lowest BCUT2D eigenvalue weighted by Crippen LogP contribution is -2.48. The van der Waals surface area contributed by atoms with Crippen molar-refractivity contribution in [2.24, 2.45) is 0 Å². The molecule has 3 rings (SSSR count). The second-order valence-electron chi connectivity index (χ2n) is 7.24. The maximum Gasteiger partial charge on any atom is 0.223 e. The van der Waals surface area contributed by atoms with Crippen LogP contribution in [0.25, 0.3) is 0 Å². The molecule has 26 heavy (non-hydrogen) atoms. The number of anilines is 1. The molecular formula is C22H27FN2O. The van der Waals surface area contributed by atoms with E-state index in [-0.39, 0.29) is 11.7 Å². The SMILES string of the molecule is CC(C)c1ccc(CCC(=O)N2CCN(c3ccc(F)cc3)CC2)cc1. The first-order chi connectivity index (χ1) is 12.5. The van der Waals surface area contributed by atoms with E-state index in [9.17, 15) is 9.18 Å². The van der Waals surface area contributed by atoms with Gasteiger partial charge in [-0.1, -0.05) is 38.1 Å². The Bertz CT molecular complexity index is 717. The molecule has 1 aliphatic heterocycles. The molecule has 0 spiro atoms. The van der Waals surface area contributed by atoms with Crippen molar-refractivity contribution in [3.8, 4) is 0 Å². The minimum absolute atomic E-state index is 0.219. The highest BCUT2D eigenvalue weighted by atomic mass is 19.1. The largest absolute Gasteiger partial charge is 0.368 e. The topological polar surface area (TPSA) is 23.6 Å². The molecule has 0 radical (unpaired) electrons. The van der Waals surface area contributed by atoms with Gasteiger partial charge in [-0.3, -0.25) is 4.79 Å². The van der Waals surface area contributed by atoms with Gasteiger partial charge in [0.25, 0.3) is 0 Å². The van der Waals surface area contributed by atoms with Gasteiger partial charge in [0, 0.05) is 38.3 Å². The standard InChI is InChI=1S/C22H27FN2O/c1-17(2)19-6-3-18(4-7-19)5-12-22(26)25-15-13-24(14-16-25)21-10-8-20(23)9-11-21/h3-4,6-11,17H,5,12-16H2,1-2H3. The molecule has 1 saturated heterocycles. The molecule has 3 nitrogen and oxygen atoms in total. The molecule has 4 heteroatoms. The van der Waals surface area contributed by atoms with Crippen LogP contribution in [0.4, 0.5) is 10.1 Å². The van der Waals surface area contributed by atoms with Gasteiger partial charge in [0.2, 0.25) is 5.91 Å². The summed E-state index contributed by atoms with van der Waals surface area (Å²) in [5.74, 6) is 0.531. The van der Waals surface area contributed by atoms with E-state index in [0.29, 0.717) is 12.3 Å². The van der Waals surface area contributed by atoms with E-state index in [4.69, 9.17) is 0 Å². The van der Waals surface area contributed by atoms with Crippen LogP contribution in [-0.4, -0.2) is 37.0 Å². The Balaban J connectivity index is 1.47. The van der Waals surface area contributed by atoms with Gasteiger partial charge < -0.3 is 9.80 Å². The van der Waals surface area contributed by atoms with Crippen LogP contribution in [0.15, 0.2) is 48.5 Å². The number of rotatable bonds is 5. The summed E-state index contributed by atoms with van der Waals surface area (Å²) in [6.07, 6.45) is 1.34. The fourth-order valence-electron chi connectivity index (χ4n) is 3.34. The number of carbonyl (C=O) groups is 1. The second kappa shape index (κ2) is 8.35. The van der Waals surface area contributed by atoms with Crippen molar-refractivity contribution < 1.29 is 9.18 Å². The van der Waals surface area contributed by atoms with E-state index >= 15 is 0 Å². The summed E-state index contributed by atoms with van der Waals surface area (Å²) < 4.78 is 13.0. The molecule has 1 aliphatic rings. The average Bonchev–Trinajstić information content (AvgIpc) is 2.67. The Kier molecular flexibility index (Phi) is 5.92. The predicted molar refractivity (Wildman–Crippen MR) is 104 cm³/mol. The summed E-state index contributed by atoms with van der Waals surface area (Å²) in [7, 11) is 0. The van der Waals surface area contributed by atoms with Crippen molar-refractivity contribution >= 4 is 11.6 Å². The Morgan fingerprint density at radius 1 is 0.962 bits per heavy atom. The first-order valence-corrected chi connectivity index (χ1v) is 9.40. The van der Waals surface area contributed by atoms with Crippen molar-refractivity contribution in [2.45, 2.75) is 32.6 Å². The number of benzene rings is 2. The fourth-order valence-corrected chi connectivity index (χ4v) is 3.34. The van der Waals surface area contributed by atoms with Crippen molar-refractivity contribution in [3.63, 3.8) is 0 Å². The number of piperazine rings is 1. The molecule has 1 heterocycles. The smallest absolute Gasteiger partial charge is 0.223 e. The van der Waals surface area contributed by atoms with Crippen LogP contribution in [0.5, 0.6) is 0 Å². The molecule has 0 saturated carbocycles. The summed E-state index contributed by atoms with van der Waals surface area (Å²) in [5.41, 5.74) is 3.56. The normalized spacial score (nSPS) is 14.8. The van der Waals surface area contributed by atoms with E-state index in [0.717, 1.165) is 38.3 Å². The average molecular weight is 354 g/mol. The number of hydrogen-bond acceptors (Lipinski definition) is 2. The fraction of sp³-hybridized carbons (Fsp3) is 0.409. The Hall–Kier alpha value is -2.36. The lowest BCUT2D eigenvalue weighted by atomic mass is 10.00. The number of aryl methyl sites for hydroxylation is 1. The third-order valence-corrected chi connectivity index (χ3v) is 5.10. The first-order valence-electron chi connectivity index (χ1n) is 9.40. The summed E-state index contributed by atoms with van der Waals surface area (Å²) in [6.45, 7) is 7.40. The van der Waals surface area contributed by atoms with Crippen molar-refractivity contribution in [3.05, 3.63) is 65.5 Å². The van der Waals surface area contributed by atoms with Gasteiger partial charge in [0.05, 0.1) is 0 Å². The Labute approximate surface area is 155 Å². The van der Waals surface area contributed by atoms with Gasteiger partial charge in [-0.05, 0) is 47.7 Å². The van der Waals surface area contributed by atoms with Crippen LogP contribution in [0.3, 0.4) is 0 Å². The number of hydrogen-bond donors (Lipinski definition) is 0. The molecule has 2 aromatic rings. The minimum Gasteiger partial charge on any atom is -0.368 e. The highest BCUT2D eigenvalue weighted by Crippen LogP contribution is 2.18. The molecule has 0 bridgehead atoms. The van der Waals surface area contributed by atoms with Crippen LogP contribution in [0.1, 0.15) is 37.3 Å². The van der Waals surface area contributed by atoms with Gasteiger partial charge in [0.1, 0.15) is 5.82 Å². The van der Waals surface area contributed by atoms with E-state index in [1.807, 2.05) is 4.90 Å². The molecule has 1 amide bonds. The van der Waals surface area contributed by atoms with Gasteiger partial charge in [0.15, 0.2) is 0 Å². The lowest BCUT2D eigenvalue weighted by molar-refractivity contribution is -0.131. The van der Waals surface area contributed by atoms with Crippen LogP contribution in [-0.2, 0) is 11.2 Å². The Morgan fingerprint density at radius 2 is 1.58 bits per heavy atom. The van der Waals surface area contributed by atoms with E-state index in [2.05, 4.69) is 43.0 Å². The van der Waals surface area contributed by atoms with Gasteiger partial charge >= 0.3 is 0 Å². The third kappa shape index (κ3) is 4.63. The highest BCUT2D eigenvalue weighted by Gasteiger charge is 2.21. The predicted octanol–water partition coefficient (Wildman–Crippen LogP) is 4.23. The minimum atomic E-state index is -0.219. The number of amides is 1. The van der Waals surface area contributed by atoms with E-state index in [1.165, 1.54) is 23.3 Å². The summed E-state index contributed by atoms with van der Waals surface area (Å²) in [6, 6.07) is 15.2. The number of nitrogens with zero attached hydrogens (tertiary/aromatic N) is 2. The molecule has 0 unspecified atom stereocenters. The zero-order valence-electron chi connectivity index (χ0n) is 15.6.